The molecule has 2 aromatic carbocycles. The highest BCUT2D eigenvalue weighted by Gasteiger charge is 2.20. The Morgan fingerprint density at radius 2 is 1.66 bits per heavy atom. The third kappa shape index (κ3) is 9.96. The van der Waals surface area contributed by atoms with E-state index < -0.39 is 23.6 Å². The first kappa shape index (κ1) is 28.1. The van der Waals surface area contributed by atoms with Crippen molar-refractivity contribution in [1.29, 1.82) is 0 Å². The normalized spacial score (nSPS) is 11.5. The van der Waals surface area contributed by atoms with Crippen LogP contribution >= 0.6 is 11.3 Å². The molecule has 3 rings (SSSR count). The van der Waals surface area contributed by atoms with E-state index in [0.29, 0.717) is 12.2 Å². The van der Waals surface area contributed by atoms with Crippen molar-refractivity contribution in [3.63, 3.8) is 0 Å². The SMILES string of the molecule is CCC(CC)CCNCC(=O)c1cccs1.O=C(O)C(Nc1cccc(F)c1)c1cccc(F)c1. The first-order chi connectivity index (χ1) is 16.8. The summed E-state index contributed by atoms with van der Waals surface area (Å²) in [6.07, 6.45) is 3.64. The van der Waals surface area contributed by atoms with Crippen LogP contribution in [0.15, 0.2) is 66.0 Å². The summed E-state index contributed by atoms with van der Waals surface area (Å²) in [7, 11) is 0. The van der Waals surface area contributed by atoms with E-state index >= 15 is 0 Å². The number of carbonyl (C=O) groups is 2. The fraction of sp³-hybridized carbons (Fsp3) is 0.333. The summed E-state index contributed by atoms with van der Waals surface area (Å²) in [4.78, 5) is 23.7. The summed E-state index contributed by atoms with van der Waals surface area (Å²) in [5.41, 5.74) is 0.577. The van der Waals surface area contributed by atoms with Crippen LogP contribution in [0.1, 0.15) is 54.4 Å². The third-order valence-electron chi connectivity index (χ3n) is 5.53. The van der Waals surface area contributed by atoms with Crippen LogP contribution in [0, 0.1) is 17.6 Å². The van der Waals surface area contributed by atoms with Gasteiger partial charge in [0.1, 0.15) is 11.6 Å². The Bertz CT molecular complexity index is 1060. The molecule has 1 aromatic heterocycles. The summed E-state index contributed by atoms with van der Waals surface area (Å²) in [5, 5.41) is 17.0. The predicted molar refractivity (Wildman–Crippen MR) is 137 cm³/mol. The lowest BCUT2D eigenvalue weighted by atomic mass is 10.00. The Morgan fingerprint density at radius 3 is 2.23 bits per heavy atom. The first-order valence-corrected chi connectivity index (χ1v) is 12.5. The van der Waals surface area contributed by atoms with E-state index in [0.717, 1.165) is 23.4 Å². The average Bonchev–Trinajstić information content (AvgIpc) is 3.38. The molecule has 1 unspecified atom stereocenters. The van der Waals surface area contributed by atoms with Gasteiger partial charge in [-0.1, -0.05) is 51.0 Å². The van der Waals surface area contributed by atoms with E-state index in [9.17, 15) is 18.4 Å². The molecular weight excluding hydrogens is 470 g/mol. The van der Waals surface area contributed by atoms with Gasteiger partial charge >= 0.3 is 5.97 Å². The molecular formula is C27H32F2N2O3S. The summed E-state index contributed by atoms with van der Waals surface area (Å²) >= 11 is 1.51. The number of thiophene rings is 1. The van der Waals surface area contributed by atoms with E-state index in [1.54, 1.807) is 0 Å². The molecule has 1 atom stereocenters. The molecule has 0 aliphatic rings. The van der Waals surface area contributed by atoms with E-state index in [2.05, 4.69) is 24.5 Å². The van der Waals surface area contributed by atoms with E-state index in [-0.39, 0.29) is 11.3 Å². The van der Waals surface area contributed by atoms with E-state index in [1.165, 1.54) is 73.1 Å². The molecule has 35 heavy (non-hydrogen) atoms. The largest absolute Gasteiger partial charge is 0.479 e. The molecule has 0 amide bonds. The van der Waals surface area contributed by atoms with Crippen LogP contribution in [0.4, 0.5) is 14.5 Å². The lowest BCUT2D eigenvalue weighted by Gasteiger charge is -2.16. The summed E-state index contributed by atoms with van der Waals surface area (Å²) in [5.74, 6) is -1.17. The molecule has 0 spiro atoms. The van der Waals surface area contributed by atoms with Gasteiger partial charge in [0.25, 0.3) is 0 Å². The molecule has 8 heteroatoms. The van der Waals surface area contributed by atoms with Gasteiger partial charge in [-0.15, -0.1) is 11.3 Å². The molecule has 3 N–H and O–H groups in total. The monoisotopic (exact) mass is 502 g/mol. The van der Waals surface area contributed by atoms with Crippen molar-refractivity contribution in [3.8, 4) is 0 Å². The number of nitrogens with one attached hydrogen (secondary N) is 2. The van der Waals surface area contributed by atoms with Crippen molar-refractivity contribution >= 4 is 28.8 Å². The molecule has 1 heterocycles. The second-order valence-corrected chi connectivity index (χ2v) is 8.98. The molecule has 0 aliphatic carbocycles. The van der Waals surface area contributed by atoms with Crippen molar-refractivity contribution in [2.45, 2.75) is 39.2 Å². The Balaban J connectivity index is 0.000000251. The number of Topliss-reactive ketones (excluding diaryl/α,β-unsaturated/α-hetero) is 1. The molecule has 3 aromatic rings. The predicted octanol–water partition coefficient (Wildman–Crippen LogP) is 6.55. The number of hydrogen-bond acceptors (Lipinski definition) is 5. The minimum atomic E-state index is -1.17. The standard InChI is InChI=1S/C14H11F2NO2.C13H21NOS/c15-10-4-1-3-9(7-10)13(14(18)19)17-12-6-2-5-11(16)8-12;1-3-11(4-2)7-8-14-10-12(15)13-6-5-9-16-13/h1-8,13,17H,(H,18,19);5-6,9,11,14H,3-4,7-8,10H2,1-2H3. The fourth-order valence-corrected chi connectivity index (χ4v) is 4.11. The van der Waals surface area contributed by atoms with Gasteiger partial charge in [0.05, 0.1) is 11.4 Å². The lowest BCUT2D eigenvalue weighted by Crippen LogP contribution is -2.24. The van der Waals surface area contributed by atoms with Gasteiger partial charge in [0, 0.05) is 5.69 Å². The summed E-state index contributed by atoms with van der Waals surface area (Å²) < 4.78 is 26.2. The second-order valence-electron chi connectivity index (χ2n) is 8.03. The summed E-state index contributed by atoms with van der Waals surface area (Å²) in [6.45, 7) is 5.88. The molecule has 0 aliphatic heterocycles. The number of benzene rings is 2. The van der Waals surface area contributed by atoms with Crippen LogP contribution in [-0.4, -0.2) is 29.9 Å². The van der Waals surface area contributed by atoms with Crippen molar-refractivity contribution in [2.24, 2.45) is 5.92 Å². The average molecular weight is 503 g/mol. The minimum absolute atomic E-state index is 0.208. The van der Waals surface area contributed by atoms with Crippen molar-refractivity contribution in [3.05, 3.63) is 88.1 Å². The Labute approximate surface area is 209 Å². The number of anilines is 1. The first-order valence-electron chi connectivity index (χ1n) is 11.6. The van der Waals surface area contributed by atoms with Crippen LogP contribution < -0.4 is 10.6 Å². The van der Waals surface area contributed by atoms with Crippen molar-refractivity contribution in [2.75, 3.05) is 18.4 Å². The minimum Gasteiger partial charge on any atom is -0.479 e. The fourth-order valence-electron chi connectivity index (χ4n) is 3.45. The van der Waals surface area contributed by atoms with Crippen LogP contribution in [0.2, 0.25) is 0 Å². The van der Waals surface area contributed by atoms with Gasteiger partial charge in [0.15, 0.2) is 11.8 Å². The molecule has 0 saturated carbocycles. The maximum absolute atomic E-state index is 13.1. The number of rotatable bonds is 12. The molecule has 0 saturated heterocycles. The number of ketones is 1. The molecule has 0 bridgehead atoms. The number of halogens is 2. The van der Waals surface area contributed by atoms with Gasteiger partial charge in [-0.3, -0.25) is 4.79 Å². The number of carbonyl (C=O) groups excluding carboxylic acids is 1. The topological polar surface area (TPSA) is 78.4 Å². The van der Waals surface area contributed by atoms with Crippen molar-refractivity contribution in [1.82, 2.24) is 5.32 Å². The third-order valence-corrected chi connectivity index (χ3v) is 6.44. The van der Waals surface area contributed by atoms with E-state index in [4.69, 9.17) is 5.11 Å². The number of hydrogen-bond donors (Lipinski definition) is 3. The Kier molecular flexibility index (Phi) is 12.1. The van der Waals surface area contributed by atoms with Crippen LogP contribution in [0.5, 0.6) is 0 Å². The molecule has 0 fully saturated rings. The highest BCUT2D eigenvalue weighted by atomic mass is 32.1. The van der Waals surface area contributed by atoms with Crippen LogP contribution in [0.25, 0.3) is 0 Å². The van der Waals surface area contributed by atoms with E-state index in [1.807, 2.05) is 17.5 Å². The zero-order valence-electron chi connectivity index (χ0n) is 20.0. The van der Waals surface area contributed by atoms with Gasteiger partial charge in [-0.2, -0.15) is 0 Å². The van der Waals surface area contributed by atoms with Gasteiger partial charge in [-0.05, 0) is 66.2 Å². The number of carboxylic acid groups (broad SMARTS) is 1. The number of aliphatic carboxylic acids is 1. The maximum Gasteiger partial charge on any atom is 0.330 e. The highest BCUT2D eigenvalue weighted by Crippen LogP contribution is 2.21. The second kappa shape index (κ2) is 15.0. The zero-order valence-corrected chi connectivity index (χ0v) is 20.8. The van der Waals surface area contributed by atoms with Crippen molar-refractivity contribution < 1.29 is 23.5 Å². The zero-order chi connectivity index (χ0) is 25.6. The highest BCUT2D eigenvalue weighted by molar-refractivity contribution is 7.12. The van der Waals surface area contributed by atoms with Gasteiger partial charge in [-0.25, -0.2) is 13.6 Å². The summed E-state index contributed by atoms with van der Waals surface area (Å²) in [6, 6.07) is 13.4. The Hall–Kier alpha value is -3.10. The Morgan fingerprint density at radius 1 is 0.971 bits per heavy atom. The van der Waals surface area contributed by atoms with Crippen LogP contribution in [0.3, 0.4) is 0 Å². The molecule has 0 radical (unpaired) electrons. The van der Waals surface area contributed by atoms with Gasteiger partial charge in [0.2, 0.25) is 0 Å². The molecule has 5 nitrogen and oxygen atoms in total. The number of carboxylic acids is 1. The van der Waals surface area contributed by atoms with Gasteiger partial charge < -0.3 is 15.7 Å². The maximum atomic E-state index is 13.1. The lowest BCUT2D eigenvalue weighted by molar-refractivity contribution is -0.138. The molecule has 188 valence electrons. The smallest absolute Gasteiger partial charge is 0.330 e. The quantitative estimate of drug-likeness (QED) is 0.193. The van der Waals surface area contributed by atoms with Crippen LogP contribution in [-0.2, 0) is 4.79 Å².